The summed E-state index contributed by atoms with van der Waals surface area (Å²) >= 11 is 0. The minimum atomic E-state index is -0.884. The first-order chi connectivity index (χ1) is 16.3. The molecular formula is C27H29N3O4. The summed E-state index contributed by atoms with van der Waals surface area (Å²) in [5, 5.41) is 3.04. The van der Waals surface area contributed by atoms with Gasteiger partial charge in [0.15, 0.2) is 6.61 Å². The molecular weight excluding hydrogens is 430 g/mol. The van der Waals surface area contributed by atoms with Gasteiger partial charge in [0.05, 0.1) is 7.11 Å². The number of pyridine rings is 1. The summed E-state index contributed by atoms with van der Waals surface area (Å²) in [7, 11) is 1.57. The Morgan fingerprint density at radius 3 is 2.59 bits per heavy atom. The second-order valence-corrected chi connectivity index (χ2v) is 9.25. The van der Waals surface area contributed by atoms with E-state index in [0.717, 1.165) is 16.7 Å². The van der Waals surface area contributed by atoms with Gasteiger partial charge in [-0.15, -0.1) is 0 Å². The van der Waals surface area contributed by atoms with E-state index in [9.17, 15) is 9.59 Å². The molecule has 2 aromatic carbocycles. The first-order valence-electron chi connectivity index (χ1n) is 11.2. The lowest BCUT2D eigenvalue weighted by atomic mass is 9.97. The second kappa shape index (κ2) is 9.55. The zero-order chi connectivity index (χ0) is 24.3. The van der Waals surface area contributed by atoms with Crippen LogP contribution in [0.5, 0.6) is 11.5 Å². The molecule has 4 rings (SSSR count). The van der Waals surface area contributed by atoms with Crippen molar-refractivity contribution in [3.05, 3.63) is 78.1 Å². The molecule has 2 heterocycles. The molecule has 1 N–H and O–H groups in total. The van der Waals surface area contributed by atoms with Crippen LogP contribution in [0, 0.1) is 0 Å². The first-order valence-corrected chi connectivity index (χ1v) is 11.2. The quantitative estimate of drug-likeness (QED) is 0.620. The van der Waals surface area contributed by atoms with Gasteiger partial charge >= 0.3 is 0 Å². The Hall–Kier alpha value is -3.87. The van der Waals surface area contributed by atoms with Crippen molar-refractivity contribution in [2.75, 3.05) is 13.7 Å². The molecule has 1 atom stereocenters. The Labute approximate surface area is 199 Å². The molecule has 1 aliphatic heterocycles. The zero-order valence-electron chi connectivity index (χ0n) is 19.9. The predicted molar refractivity (Wildman–Crippen MR) is 129 cm³/mol. The minimum absolute atomic E-state index is 0.157. The number of nitrogens with zero attached hydrogens (tertiary/aromatic N) is 2. The number of carbonyl (C=O) groups is 2. The number of benzene rings is 2. The molecule has 0 spiro atoms. The zero-order valence-corrected chi connectivity index (χ0v) is 19.9. The molecule has 7 heteroatoms. The summed E-state index contributed by atoms with van der Waals surface area (Å²) in [6.07, 6.45) is 3.47. The van der Waals surface area contributed by atoms with Crippen molar-refractivity contribution in [1.82, 2.24) is 15.2 Å². The maximum atomic E-state index is 13.6. The van der Waals surface area contributed by atoms with Crippen molar-refractivity contribution in [2.45, 2.75) is 38.9 Å². The van der Waals surface area contributed by atoms with Crippen molar-refractivity contribution in [3.63, 3.8) is 0 Å². The molecule has 1 aliphatic rings. The summed E-state index contributed by atoms with van der Waals surface area (Å²) < 4.78 is 11.2. The van der Waals surface area contributed by atoms with Crippen molar-refractivity contribution in [2.24, 2.45) is 0 Å². The van der Waals surface area contributed by atoms with E-state index in [1.165, 1.54) is 0 Å². The summed E-state index contributed by atoms with van der Waals surface area (Å²) in [4.78, 5) is 32.7. The van der Waals surface area contributed by atoms with Crippen LogP contribution < -0.4 is 14.8 Å². The number of hydrogen-bond donors (Lipinski definition) is 1. The Morgan fingerprint density at radius 2 is 1.88 bits per heavy atom. The molecule has 3 aromatic rings. The van der Waals surface area contributed by atoms with Crippen LogP contribution in [0.25, 0.3) is 11.1 Å². The average Bonchev–Trinajstić information content (AvgIpc) is 2.95. The van der Waals surface area contributed by atoms with Crippen LogP contribution in [0.15, 0.2) is 67.0 Å². The van der Waals surface area contributed by atoms with E-state index in [1.807, 2.05) is 57.2 Å². The largest absolute Gasteiger partial charge is 0.497 e. The van der Waals surface area contributed by atoms with E-state index in [0.29, 0.717) is 17.1 Å². The first kappa shape index (κ1) is 23.3. The third kappa shape index (κ3) is 5.03. The number of methoxy groups -OCH3 is 1. The SMILES string of the molecule is COc1ccc2c(c1)C(C(=O)NC(C)(C)C)N(Cc1ccccc1-c1ccncc1)C(=O)CO2. The molecule has 0 bridgehead atoms. The van der Waals surface area contributed by atoms with E-state index in [-0.39, 0.29) is 25.0 Å². The van der Waals surface area contributed by atoms with Crippen LogP contribution in [0.3, 0.4) is 0 Å². The lowest BCUT2D eigenvalue weighted by Crippen LogP contribution is -2.49. The van der Waals surface area contributed by atoms with Crippen LogP contribution in [0.4, 0.5) is 0 Å². The van der Waals surface area contributed by atoms with Gasteiger partial charge in [0.2, 0.25) is 5.91 Å². The molecule has 176 valence electrons. The van der Waals surface area contributed by atoms with Crippen molar-refractivity contribution >= 4 is 11.8 Å². The normalized spacial score (nSPS) is 15.7. The second-order valence-electron chi connectivity index (χ2n) is 9.25. The Balaban J connectivity index is 1.81. The molecule has 0 radical (unpaired) electrons. The summed E-state index contributed by atoms with van der Waals surface area (Å²) in [6, 6.07) is 16.1. The maximum Gasteiger partial charge on any atom is 0.261 e. The van der Waals surface area contributed by atoms with Crippen molar-refractivity contribution in [1.29, 1.82) is 0 Å². The molecule has 34 heavy (non-hydrogen) atoms. The number of nitrogens with one attached hydrogen (secondary N) is 1. The van der Waals surface area contributed by atoms with E-state index >= 15 is 0 Å². The van der Waals surface area contributed by atoms with E-state index in [1.54, 1.807) is 42.6 Å². The predicted octanol–water partition coefficient (Wildman–Crippen LogP) is 4.13. The van der Waals surface area contributed by atoms with Gasteiger partial charge in [-0.1, -0.05) is 24.3 Å². The summed E-state index contributed by atoms with van der Waals surface area (Å²) in [5.41, 5.74) is 2.99. The van der Waals surface area contributed by atoms with Crippen LogP contribution >= 0.6 is 0 Å². The van der Waals surface area contributed by atoms with E-state index in [2.05, 4.69) is 10.3 Å². The fraction of sp³-hybridized carbons (Fsp3) is 0.296. The van der Waals surface area contributed by atoms with Crippen LogP contribution in [-0.4, -0.2) is 41.0 Å². The van der Waals surface area contributed by atoms with E-state index in [4.69, 9.17) is 9.47 Å². The van der Waals surface area contributed by atoms with Gasteiger partial charge in [0.1, 0.15) is 17.5 Å². The fourth-order valence-electron chi connectivity index (χ4n) is 4.09. The van der Waals surface area contributed by atoms with Gasteiger partial charge in [-0.3, -0.25) is 14.6 Å². The number of amides is 2. The van der Waals surface area contributed by atoms with Crippen molar-refractivity contribution < 1.29 is 19.1 Å². The molecule has 1 aromatic heterocycles. The minimum Gasteiger partial charge on any atom is -0.497 e. The fourth-order valence-corrected chi connectivity index (χ4v) is 4.09. The number of fused-ring (bicyclic) bond motifs is 1. The van der Waals surface area contributed by atoms with Gasteiger partial charge < -0.3 is 19.7 Å². The molecule has 0 saturated heterocycles. The number of carbonyl (C=O) groups excluding carboxylic acids is 2. The molecule has 1 unspecified atom stereocenters. The number of rotatable bonds is 5. The van der Waals surface area contributed by atoms with Crippen LogP contribution in [-0.2, 0) is 16.1 Å². The van der Waals surface area contributed by atoms with Gasteiger partial charge in [0, 0.05) is 30.0 Å². The number of ether oxygens (including phenoxy) is 2. The highest BCUT2D eigenvalue weighted by atomic mass is 16.5. The van der Waals surface area contributed by atoms with Gasteiger partial charge in [-0.25, -0.2) is 0 Å². The van der Waals surface area contributed by atoms with Crippen LogP contribution in [0.1, 0.15) is 37.9 Å². The van der Waals surface area contributed by atoms with Crippen molar-refractivity contribution in [3.8, 4) is 22.6 Å². The molecule has 2 amide bonds. The van der Waals surface area contributed by atoms with Gasteiger partial charge in [-0.05, 0) is 67.8 Å². The summed E-state index contributed by atoms with van der Waals surface area (Å²) in [6.45, 7) is 5.82. The van der Waals surface area contributed by atoms with Crippen LogP contribution in [0.2, 0.25) is 0 Å². The Bertz CT molecular complexity index is 1190. The lowest BCUT2D eigenvalue weighted by molar-refractivity contribution is -0.142. The molecule has 0 saturated carbocycles. The average molecular weight is 460 g/mol. The van der Waals surface area contributed by atoms with E-state index < -0.39 is 11.6 Å². The Kier molecular flexibility index (Phi) is 6.54. The third-order valence-electron chi connectivity index (χ3n) is 5.59. The monoisotopic (exact) mass is 459 g/mol. The highest BCUT2D eigenvalue weighted by Crippen LogP contribution is 2.37. The smallest absolute Gasteiger partial charge is 0.261 e. The maximum absolute atomic E-state index is 13.6. The lowest BCUT2D eigenvalue weighted by Gasteiger charge is -2.32. The summed E-state index contributed by atoms with van der Waals surface area (Å²) in [5.74, 6) is 0.534. The Morgan fingerprint density at radius 1 is 1.15 bits per heavy atom. The number of hydrogen-bond acceptors (Lipinski definition) is 5. The topological polar surface area (TPSA) is 80.8 Å². The third-order valence-corrected chi connectivity index (χ3v) is 5.59. The number of aromatic nitrogens is 1. The molecule has 0 fully saturated rings. The highest BCUT2D eigenvalue weighted by molar-refractivity contribution is 5.91. The van der Waals surface area contributed by atoms with Gasteiger partial charge in [0.25, 0.3) is 5.91 Å². The molecule has 7 nitrogen and oxygen atoms in total. The highest BCUT2D eigenvalue weighted by Gasteiger charge is 2.38. The standard InChI is InChI=1S/C27H29N3O4/c1-27(2,3)29-26(32)25-22-15-20(33-4)9-10-23(22)34-17-24(31)30(25)16-19-7-5-6-8-21(19)18-11-13-28-14-12-18/h5-15,25H,16-17H2,1-4H3,(H,29,32). The van der Waals surface area contributed by atoms with Gasteiger partial charge in [-0.2, -0.15) is 0 Å². The molecule has 0 aliphatic carbocycles.